The molecule has 0 aliphatic rings. The average Bonchev–Trinajstić information content (AvgIpc) is 2.64. The van der Waals surface area contributed by atoms with Crippen LogP contribution in [0.3, 0.4) is 0 Å². The summed E-state index contributed by atoms with van der Waals surface area (Å²) in [5.41, 5.74) is 2.34. The lowest BCUT2D eigenvalue weighted by Gasteiger charge is -2.18. The monoisotopic (exact) mass is 240 g/mol. The molecule has 1 aromatic carbocycles. The number of benzene rings is 1. The van der Waals surface area contributed by atoms with Gasteiger partial charge in [-0.25, -0.2) is 4.79 Å². The Morgan fingerprint density at radius 2 is 2.31 bits per heavy atom. The lowest BCUT2D eigenvalue weighted by Crippen LogP contribution is -2.18. The Balaban J connectivity index is 2.27. The molecule has 0 saturated heterocycles. The molecule has 1 N–H and O–H groups in total. The topological polar surface area (TPSA) is 49.2 Å². The van der Waals surface area contributed by atoms with Crippen LogP contribution in [0.1, 0.15) is 6.42 Å². The lowest BCUT2D eigenvalue weighted by atomic mass is 10.2. The molecule has 0 fully saturated rings. The van der Waals surface area contributed by atoms with Crippen LogP contribution in [0.5, 0.6) is 0 Å². The molecule has 1 aromatic heterocycles. The van der Waals surface area contributed by atoms with Gasteiger partial charge in [-0.2, -0.15) is 0 Å². The van der Waals surface area contributed by atoms with Crippen molar-refractivity contribution < 1.29 is 4.42 Å². The third-order valence-corrected chi connectivity index (χ3v) is 2.74. The smallest absolute Gasteiger partial charge is 0.408 e. The van der Waals surface area contributed by atoms with Crippen LogP contribution in [0.15, 0.2) is 27.4 Å². The van der Waals surface area contributed by atoms with Gasteiger partial charge in [0, 0.05) is 25.2 Å². The predicted molar refractivity (Wildman–Crippen MR) is 65.4 cm³/mol. The van der Waals surface area contributed by atoms with Crippen molar-refractivity contribution in [2.45, 2.75) is 6.42 Å². The molecular formula is C11H13ClN2O2. The van der Waals surface area contributed by atoms with E-state index >= 15 is 0 Å². The van der Waals surface area contributed by atoms with Gasteiger partial charge < -0.3 is 9.32 Å². The number of rotatable bonds is 4. The number of oxazole rings is 1. The van der Waals surface area contributed by atoms with Crippen molar-refractivity contribution in [1.29, 1.82) is 0 Å². The quantitative estimate of drug-likeness (QED) is 0.834. The number of hydrogen-bond acceptors (Lipinski definition) is 3. The van der Waals surface area contributed by atoms with Crippen LogP contribution in [0, 0.1) is 0 Å². The number of anilines is 1. The minimum absolute atomic E-state index is 0.421. The fourth-order valence-corrected chi connectivity index (χ4v) is 1.72. The molecule has 2 aromatic rings. The molecule has 0 atom stereocenters. The van der Waals surface area contributed by atoms with Crippen molar-refractivity contribution in [3.05, 3.63) is 28.7 Å². The van der Waals surface area contributed by atoms with E-state index in [4.69, 9.17) is 16.0 Å². The van der Waals surface area contributed by atoms with Crippen molar-refractivity contribution in [1.82, 2.24) is 4.98 Å². The number of hydrogen-bond donors (Lipinski definition) is 1. The number of halogens is 1. The Hall–Kier alpha value is -1.42. The molecule has 0 aliphatic heterocycles. The zero-order valence-electron chi connectivity index (χ0n) is 9.00. The first-order chi connectivity index (χ1) is 7.70. The summed E-state index contributed by atoms with van der Waals surface area (Å²) in [5.74, 6) is 0.227. The number of H-pyrrole nitrogens is 1. The van der Waals surface area contributed by atoms with E-state index in [-0.39, 0.29) is 0 Å². The minimum Gasteiger partial charge on any atom is -0.408 e. The Morgan fingerprint density at radius 1 is 1.50 bits per heavy atom. The SMILES string of the molecule is CN(CCCCl)c1ccc2oc(=O)[nH]c2c1. The maximum Gasteiger partial charge on any atom is 0.417 e. The highest BCUT2D eigenvalue weighted by molar-refractivity contribution is 6.17. The highest BCUT2D eigenvalue weighted by Crippen LogP contribution is 2.19. The van der Waals surface area contributed by atoms with Gasteiger partial charge in [0.25, 0.3) is 0 Å². The summed E-state index contributed by atoms with van der Waals surface area (Å²) in [6, 6.07) is 5.61. The zero-order chi connectivity index (χ0) is 11.5. The molecule has 0 unspecified atom stereocenters. The van der Waals surface area contributed by atoms with Gasteiger partial charge >= 0.3 is 5.76 Å². The molecular weight excluding hydrogens is 228 g/mol. The molecule has 0 radical (unpaired) electrons. The van der Waals surface area contributed by atoms with E-state index in [9.17, 15) is 4.79 Å². The standard InChI is InChI=1S/C11H13ClN2O2/c1-14(6-2-5-12)8-3-4-10-9(7-8)13-11(15)16-10/h3-4,7H,2,5-6H2,1H3,(H,13,15). The maximum absolute atomic E-state index is 11.0. The summed E-state index contributed by atoms with van der Waals surface area (Å²) in [6.07, 6.45) is 0.929. The second-order valence-corrected chi connectivity index (χ2v) is 4.04. The number of nitrogens with one attached hydrogen (secondary N) is 1. The van der Waals surface area contributed by atoms with Crippen LogP contribution in [0.25, 0.3) is 11.1 Å². The van der Waals surface area contributed by atoms with Crippen LogP contribution < -0.4 is 10.7 Å². The lowest BCUT2D eigenvalue weighted by molar-refractivity contribution is 0.555. The van der Waals surface area contributed by atoms with Crippen LogP contribution >= 0.6 is 11.6 Å². The number of aromatic nitrogens is 1. The summed E-state index contributed by atoms with van der Waals surface area (Å²) >= 11 is 5.64. The van der Waals surface area contributed by atoms with E-state index in [0.29, 0.717) is 11.5 Å². The van der Waals surface area contributed by atoms with Gasteiger partial charge in [-0.1, -0.05) is 0 Å². The van der Waals surface area contributed by atoms with Gasteiger partial charge in [-0.05, 0) is 24.6 Å². The van der Waals surface area contributed by atoms with E-state index in [0.717, 1.165) is 24.2 Å². The second kappa shape index (κ2) is 4.61. The van der Waals surface area contributed by atoms with E-state index in [1.165, 1.54) is 0 Å². The second-order valence-electron chi connectivity index (χ2n) is 3.66. The van der Waals surface area contributed by atoms with Gasteiger partial charge in [0.15, 0.2) is 5.58 Å². The molecule has 5 heteroatoms. The molecule has 2 rings (SSSR count). The van der Waals surface area contributed by atoms with Gasteiger partial charge in [0.1, 0.15) is 0 Å². The van der Waals surface area contributed by atoms with Gasteiger partial charge in [-0.15, -0.1) is 11.6 Å². The predicted octanol–water partition coefficient (Wildman–Crippen LogP) is 2.19. The van der Waals surface area contributed by atoms with Crippen LogP contribution in [-0.2, 0) is 0 Å². The number of alkyl halides is 1. The molecule has 1 heterocycles. The number of fused-ring (bicyclic) bond motifs is 1. The molecule has 86 valence electrons. The van der Waals surface area contributed by atoms with E-state index in [1.807, 2.05) is 19.2 Å². The first kappa shape index (κ1) is 11.1. The molecule has 16 heavy (non-hydrogen) atoms. The van der Waals surface area contributed by atoms with Crippen molar-refractivity contribution in [3.8, 4) is 0 Å². The highest BCUT2D eigenvalue weighted by Gasteiger charge is 2.05. The maximum atomic E-state index is 11.0. The summed E-state index contributed by atoms with van der Waals surface area (Å²) in [4.78, 5) is 15.7. The highest BCUT2D eigenvalue weighted by atomic mass is 35.5. The third kappa shape index (κ3) is 2.22. The van der Waals surface area contributed by atoms with E-state index in [1.54, 1.807) is 6.07 Å². The third-order valence-electron chi connectivity index (χ3n) is 2.47. The fourth-order valence-electron chi connectivity index (χ4n) is 1.60. The summed E-state index contributed by atoms with van der Waals surface area (Å²) < 4.78 is 4.93. The molecule has 0 aliphatic carbocycles. The van der Waals surface area contributed by atoms with E-state index < -0.39 is 5.76 Å². The first-order valence-electron chi connectivity index (χ1n) is 5.10. The van der Waals surface area contributed by atoms with Crippen molar-refractivity contribution in [2.24, 2.45) is 0 Å². The summed E-state index contributed by atoms with van der Waals surface area (Å²) in [5, 5.41) is 0. The molecule has 0 saturated carbocycles. The molecule has 4 nitrogen and oxygen atoms in total. The summed E-state index contributed by atoms with van der Waals surface area (Å²) in [7, 11) is 1.99. The first-order valence-corrected chi connectivity index (χ1v) is 5.64. The van der Waals surface area contributed by atoms with Crippen molar-refractivity contribution in [3.63, 3.8) is 0 Å². The van der Waals surface area contributed by atoms with Crippen LogP contribution in [-0.4, -0.2) is 24.5 Å². The number of aromatic amines is 1. The Morgan fingerprint density at radius 3 is 3.06 bits per heavy atom. The minimum atomic E-state index is -0.421. The largest absolute Gasteiger partial charge is 0.417 e. The zero-order valence-corrected chi connectivity index (χ0v) is 9.75. The Bertz CT molecular complexity index is 532. The molecule has 0 bridgehead atoms. The Kier molecular flexibility index (Phi) is 3.19. The Labute approximate surface area is 97.8 Å². The van der Waals surface area contributed by atoms with Crippen molar-refractivity contribution >= 4 is 28.4 Å². The average molecular weight is 241 g/mol. The van der Waals surface area contributed by atoms with Crippen molar-refractivity contribution in [2.75, 3.05) is 24.4 Å². The van der Waals surface area contributed by atoms with Crippen LogP contribution in [0.2, 0.25) is 0 Å². The molecule has 0 spiro atoms. The van der Waals surface area contributed by atoms with Gasteiger partial charge in [0.2, 0.25) is 0 Å². The summed E-state index contributed by atoms with van der Waals surface area (Å²) in [6.45, 7) is 0.886. The number of nitrogens with zero attached hydrogens (tertiary/aromatic N) is 1. The normalized spacial score (nSPS) is 10.9. The van der Waals surface area contributed by atoms with Gasteiger partial charge in [-0.3, -0.25) is 4.98 Å². The van der Waals surface area contributed by atoms with Gasteiger partial charge in [0.05, 0.1) is 5.52 Å². The molecule has 0 amide bonds. The van der Waals surface area contributed by atoms with Crippen LogP contribution in [0.4, 0.5) is 5.69 Å². The fraction of sp³-hybridized carbons (Fsp3) is 0.364. The van der Waals surface area contributed by atoms with E-state index in [2.05, 4.69) is 9.88 Å².